The topological polar surface area (TPSA) is 99.3 Å². The van der Waals surface area contributed by atoms with E-state index in [9.17, 15) is 9.18 Å². The van der Waals surface area contributed by atoms with Gasteiger partial charge in [-0.05, 0) is 30.3 Å². The van der Waals surface area contributed by atoms with Crippen LogP contribution in [0.1, 0.15) is 10.4 Å². The van der Waals surface area contributed by atoms with Crippen LogP contribution in [0, 0.1) is 5.82 Å². The van der Waals surface area contributed by atoms with Gasteiger partial charge in [0.2, 0.25) is 0 Å². The summed E-state index contributed by atoms with van der Waals surface area (Å²) >= 11 is 0. The van der Waals surface area contributed by atoms with Gasteiger partial charge in [-0.25, -0.2) is 4.39 Å². The fourth-order valence-electron chi connectivity index (χ4n) is 2.44. The summed E-state index contributed by atoms with van der Waals surface area (Å²) in [5.74, 6) is -0.829. The molecule has 0 atom stereocenters. The van der Waals surface area contributed by atoms with Gasteiger partial charge < -0.3 is 5.32 Å². The number of carbonyl (C=O) groups excluding carboxylic acids is 1. The summed E-state index contributed by atoms with van der Waals surface area (Å²) in [7, 11) is 0. The highest BCUT2D eigenvalue weighted by atomic mass is 19.1. The molecule has 0 aliphatic heterocycles. The number of halogens is 1. The van der Waals surface area contributed by atoms with Gasteiger partial charge in [-0.15, -0.1) is 0 Å². The van der Waals surface area contributed by atoms with Crippen LogP contribution in [0.3, 0.4) is 0 Å². The molecule has 0 fully saturated rings. The molecule has 1 amide bonds. The van der Waals surface area contributed by atoms with E-state index in [1.807, 2.05) is 0 Å². The SMILES string of the molecule is O=C(Nc1ccc2n[nH]nc2c1)c1cn[nH]c1-c1ccccc1F. The Labute approximate surface area is 134 Å². The molecule has 118 valence electrons. The number of carbonyl (C=O) groups is 1. The summed E-state index contributed by atoms with van der Waals surface area (Å²) in [5.41, 5.74) is 2.75. The van der Waals surface area contributed by atoms with Crippen LogP contribution in [0.2, 0.25) is 0 Å². The molecule has 24 heavy (non-hydrogen) atoms. The van der Waals surface area contributed by atoms with Crippen LogP contribution in [-0.4, -0.2) is 31.5 Å². The Balaban J connectivity index is 1.66. The lowest BCUT2D eigenvalue weighted by Crippen LogP contribution is -2.12. The first-order valence-electron chi connectivity index (χ1n) is 7.12. The minimum Gasteiger partial charge on any atom is -0.322 e. The second-order valence-electron chi connectivity index (χ2n) is 5.12. The van der Waals surface area contributed by atoms with E-state index in [0.717, 1.165) is 0 Å². The Morgan fingerprint density at radius 3 is 2.79 bits per heavy atom. The maximum Gasteiger partial charge on any atom is 0.259 e. The molecule has 8 heteroatoms. The number of nitrogens with zero attached hydrogens (tertiary/aromatic N) is 3. The molecule has 0 saturated heterocycles. The van der Waals surface area contributed by atoms with Crippen molar-refractivity contribution in [3.8, 4) is 11.3 Å². The molecule has 0 spiro atoms. The van der Waals surface area contributed by atoms with E-state index in [0.29, 0.717) is 22.4 Å². The van der Waals surface area contributed by atoms with Crippen LogP contribution >= 0.6 is 0 Å². The molecule has 0 aliphatic carbocycles. The molecule has 2 heterocycles. The smallest absolute Gasteiger partial charge is 0.259 e. The molecule has 0 saturated carbocycles. The number of aromatic amines is 2. The quantitative estimate of drug-likeness (QED) is 0.540. The molecule has 2 aromatic carbocycles. The summed E-state index contributed by atoms with van der Waals surface area (Å²) in [6.07, 6.45) is 1.37. The van der Waals surface area contributed by atoms with Crippen molar-refractivity contribution in [2.24, 2.45) is 0 Å². The molecule has 4 rings (SSSR count). The van der Waals surface area contributed by atoms with Crippen LogP contribution in [-0.2, 0) is 0 Å². The summed E-state index contributed by atoms with van der Waals surface area (Å²) in [6, 6.07) is 11.3. The van der Waals surface area contributed by atoms with Crippen molar-refractivity contribution in [3.05, 3.63) is 60.0 Å². The third-order valence-electron chi connectivity index (χ3n) is 3.60. The molecule has 4 aromatic rings. The Morgan fingerprint density at radius 2 is 1.92 bits per heavy atom. The van der Waals surface area contributed by atoms with Crippen molar-refractivity contribution < 1.29 is 9.18 Å². The normalized spacial score (nSPS) is 10.9. The predicted molar refractivity (Wildman–Crippen MR) is 85.8 cm³/mol. The Morgan fingerprint density at radius 1 is 1.08 bits per heavy atom. The van der Waals surface area contributed by atoms with Crippen molar-refractivity contribution in [3.63, 3.8) is 0 Å². The van der Waals surface area contributed by atoms with Gasteiger partial charge in [-0.2, -0.15) is 20.5 Å². The molecular weight excluding hydrogens is 311 g/mol. The minimum atomic E-state index is -0.431. The number of amides is 1. The summed E-state index contributed by atoms with van der Waals surface area (Å²) in [4.78, 5) is 12.5. The van der Waals surface area contributed by atoms with Crippen molar-refractivity contribution >= 4 is 22.6 Å². The predicted octanol–water partition coefficient (Wildman–Crippen LogP) is 2.74. The average Bonchev–Trinajstić information content (AvgIpc) is 3.24. The van der Waals surface area contributed by atoms with Crippen LogP contribution < -0.4 is 5.32 Å². The molecule has 0 unspecified atom stereocenters. The number of benzene rings is 2. The van der Waals surface area contributed by atoms with Gasteiger partial charge in [0.05, 0.1) is 17.5 Å². The van der Waals surface area contributed by atoms with Crippen molar-refractivity contribution in [2.75, 3.05) is 5.32 Å². The number of hydrogen-bond acceptors (Lipinski definition) is 4. The Hall–Kier alpha value is -3.55. The number of nitrogens with one attached hydrogen (secondary N) is 3. The minimum absolute atomic E-state index is 0.250. The van der Waals surface area contributed by atoms with Gasteiger partial charge in [-0.1, -0.05) is 12.1 Å². The highest BCUT2D eigenvalue weighted by molar-refractivity contribution is 6.08. The van der Waals surface area contributed by atoms with E-state index in [2.05, 4.69) is 30.9 Å². The van der Waals surface area contributed by atoms with E-state index >= 15 is 0 Å². The molecule has 0 bridgehead atoms. The zero-order chi connectivity index (χ0) is 16.5. The zero-order valence-electron chi connectivity index (χ0n) is 12.2. The first kappa shape index (κ1) is 14.1. The molecule has 7 nitrogen and oxygen atoms in total. The maximum atomic E-state index is 14.0. The van der Waals surface area contributed by atoms with Gasteiger partial charge in [0.25, 0.3) is 5.91 Å². The van der Waals surface area contributed by atoms with Crippen molar-refractivity contribution in [1.29, 1.82) is 0 Å². The second kappa shape index (κ2) is 5.58. The first-order chi connectivity index (χ1) is 11.7. The third-order valence-corrected chi connectivity index (χ3v) is 3.60. The lowest BCUT2D eigenvalue weighted by molar-refractivity contribution is 0.102. The lowest BCUT2D eigenvalue weighted by atomic mass is 10.1. The third kappa shape index (κ3) is 2.39. The van der Waals surface area contributed by atoms with Gasteiger partial charge in [0, 0.05) is 11.3 Å². The monoisotopic (exact) mass is 322 g/mol. The van der Waals surface area contributed by atoms with E-state index < -0.39 is 11.7 Å². The first-order valence-corrected chi connectivity index (χ1v) is 7.12. The fraction of sp³-hybridized carbons (Fsp3) is 0. The number of hydrogen-bond donors (Lipinski definition) is 3. The lowest BCUT2D eigenvalue weighted by Gasteiger charge is -2.06. The van der Waals surface area contributed by atoms with E-state index in [4.69, 9.17) is 0 Å². The Kier molecular flexibility index (Phi) is 3.27. The number of rotatable bonds is 3. The van der Waals surface area contributed by atoms with Crippen LogP contribution in [0.25, 0.3) is 22.3 Å². The number of anilines is 1. The molecule has 2 aromatic heterocycles. The number of fused-ring (bicyclic) bond motifs is 1. The summed E-state index contributed by atoms with van der Waals surface area (Å²) < 4.78 is 14.0. The standard InChI is InChI=1S/C16H11FN6O/c17-12-4-2-1-3-10(12)15-11(8-18-22-15)16(24)19-9-5-6-13-14(7-9)21-23-20-13/h1-8H,(H,18,22)(H,19,24)(H,20,21,23). The van der Waals surface area contributed by atoms with Crippen molar-refractivity contribution in [2.45, 2.75) is 0 Å². The average molecular weight is 322 g/mol. The van der Waals surface area contributed by atoms with E-state index in [-0.39, 0.29) is 11.1 Å². The molecular formula is C16H11FN6O. The summed E-state index contributed by atoms with van der Waals surface area (Å²) in [5, 5.41) is 19.7. The van der Waals surface area contributed by atoms with E-state index in [1.54, 1.807) is 36.4 Å². The molecule has 0 aliphatic rings. The largest absolute Gasteiger partial charge is 0.322 e. The second-order valence-corrected chi connectivity index (χ2v) is 5.12. The van der Waals surface area contributed by atoms with Crippen LogP contribution in [0.4, 0.5) is 10.1 Å². The Bertz CT molecular complexity index is 1040. The highest BCUT2D eigenvalue weighted by Crippen LogP contribution is 2.25. The number of aromatic nitrogens is 5. The van der Waals surface area contributed by atoms with Gasteiger partial charge in [0.1, 0.15) is 16.9 Å². The van der Waals surface area contributed by atoms with E-state index in [1.165, 1.54) is 12.3 Å². The van der Waals surface area contributed by atoms with Crippen LogP contribution in [0.5, 0.6) is 0 Å². The zero-order valence-corrected chi connectivity index (χ0v) is 12.2. The summed E-state index contributed by atoms with van der Waals surface area (Å²) in [6.45, 7) is 0. The van der Waals surface area contributed by atoms with Gasteiger partial charge >= 0.3 is 0 Å². The molecule has 0 radical (unpaired) electrons. The highest BCUT2D eigenvalue weighted by Gasteiger charge is 2.18. The maximum absolute atomic E-state index is 14.0. The van der Waals surface area contributed by atoms with Crippen molar-refractivity contribution in [1.82, 2.24) is 25.6 Å². The fourth-order valence-corrected chi connectivity index (χ4v) is 2.44. The number of H-pyrrole nitrogens is 2. The van der Waals surface area contributed by atoms with Gasteiger partial charge in [-0.3, -0.25) is 9.89 Å². The molecule has 3 N–H and O–H groups in total. The van der Waals surface area contributed by atoms with Crippen LogP contribution in [0.15, 0.2) is 48.7 Å². The van der Waals surface area contributed by atoms with Gasteiger partial charge in [0.15, 0.2) is 0 Å².